The van der Waals surface area contributed by atoms with Crippen molar-refractivity contribution in [3.63, 3.8) is 0 Å². The summed E-state index contributed by atoms with van der Waals surface area (Å²) in [6, 6.07) is 7.14. The highest BCUT2D eigenvalue weighted by atomic mass is 79.9. The number of benzene rings is 1. The van der Waals surface area contributed by atoms with E-state index in [0.29, 0.717) is 18.7 Å². The highest BCUT2D eigenvalue weighted by molar-refractivity contribution is 9.10. The summed E-state index contributed by atoms with van der Waals surface area (Å²) in [6.07, 6.45) is 5.20. The predicted molar refractivity (Wildman–Crippen MR) is 90.3 cm³/mol. The number of hydrogen-bond acceptors (Lipinski definition) is 3. The maximum atomic E-state index is 12.0. The number of nitrogens with one attached hydrogen (secondary N) is 1. The second-order valence-electron chi connectivity index (χ2n) is 5.57. The topological polar surface area (TPSA) is 66.5 Å². The van der Waals surface area contributed by atoms with Crippen LogP contribution in [0.5, 0.6) is 0 Å². The summed E-state index contributed by atoms with van der Waals surface area (Å²) in [4.78, 5) is 12.0. The van der Waals surface area contributed by atoms with Crippen molar-refractivity contribution < 1.29 is 13.2 Å². The quantitative estimate of drug-likeness (QED) is 0.813. The van der Waals surface area contributed by atoms with Crippen LogP contribution in [0.15, 0.2) is 28.7 Å². The van der Waals surface area contributed by atoms with Crippen LogP contribution < -0.4 is 5.32 Å². The molecular formula is C15H21BrN2O3S. The second kappa shape index (κ2) is 7.57. The Morgan fingerprint density at radius 1 is 1.27 bits per heavy atom. The highest BCUT2D eigenvalue weighted by Crippen LogP contribution is 2.24. The van der Waals surface area contributed by atoms with Crippen LogP contribution in [-0.2, 0) is 10.0 Å². The Bertz CT molecular complexity index is 610. The van der Waals surface area contributed by atoms with Gasteiger partial charge in [-0.1, -0.05) is 28.8 Å². The Balaban J connectivity index is 1.90. The lowest BCUT2D eigenvalue weighted by atomic mass is 10.2. The van der Waals surface area contributed by atoms with Crippen molar-refractivity contribution in [3.8, 4) is 0 Å². The van der Waals surface area contributed by atoms with E-state index in [-0.39, 0.29) is 11.9 Å². The minimum atomic E-state index is -3.24. The van der Waals surface area contributed by atoms with Crippen LogP contribution in [-0.4, -0.2) is 44.0 Å². The Morgan fingerprint density at radius 3 is 2.41 bits per heavy atom. The number of nitrogens with zero attached hydrogens (tertiary/aromatic N) is 1. The summed E-state index contributed by atoms with van der Waals surface area (Å²) in [7, 11) is -3.24. The minimum absolute atomic E-state index is 0.0829. The molecule has 0 radical (unpaired) electrons. The Labute approximate surface area is 140 Å². The summed E-state index contributed by atoms with van der Waals surface area (Å²) in [5.41, 5.74) is 0.565. The molecule has 1 N–H and O–H groups in total. The monoisotopic (exact) mass is 388 g/mol. The third-order valence-corrected chi connectivity index (χ3v) is 5.74. The molecule has 1 aliphatic carbocycles. The molecule has 0 aliphatic heterocycles. The van der Waals surface area contributed by atoms with Gasteiger partial charge in [0.15, 0.2) is 0 Å². The fourth-order valence-electron chi connectivity index (χ4n) is 2.79. The zero-order valence-electron chi connectivity index (χ0n) is 12.6. The van der Waals surface area contributed by atoms with Crippen molar-refractivity contribution in [1.29, 1.82) is 0 Å². The SMILES string of the molecule is CS(=O)(=O)N(CCNC(=O)c1ccc(Br)cc1)C1CCCC1. The van der Waals surface area contributed by atoms with Crippen molar-refractivity contribution >= 4 is 31.9 Å². The molecule has 0 spiro atoms. The molecule has 0 bridgehead atoms. The van der Waals surface area contributed by atoms with Crippen LogP contribution in [0.1, 0.15) is 36.0 Å². The maximum Gasteiger partial charge on any atom is 0.251 e. The summed E-state index contributed by atoms with van der Waals surface area (Å²) in [5, 5.41) is 2.78. The third-order valence-electron chi connectivity index (χ3n) is 3.88. The third kappa shape index (κ3) is 4.79. The molecule has 1 saturated carbocycles. The van der Waals surface area contributed by atoms with Gasteiger partial charge in [0, 0.05) is 29.2 Å². The number of amides is 1. The lowest BCUT2D eigenvalue weighted by molar-refractivity contribution is 0.0950. The molecule has 1 fully saturated rings. The molecule has 22 heavy (non-hydrogen) atoms. The van der Waals surface area contributed by atoms with Crippen molar-refractivity contribution in [2.45, 2.75) is 31.7 Å². The van der Waals surface area contributed by atoms with Gasteiger partial charge in [-0.15, -0.1) is 0 Å². The van der Waals surface area contributed by atoms with Crippen molar-refractivity contribution in [2.75, 3.05) is 19.3 Å². The van der Waals surface area contributed by atoms with E-state index < -0.39 is 10.0 Å². The molecular weight excluding hydrogens is 368 g/mol. The van der Waals surface area contributed by atoms with Gasteiger partial charge in [-0.2, -0.15) is 4.31 Å². The van der Waals surface area contributed by atoms with E-state index in [1.165, 1.54) is 10.6 Å². The first-order valence-corrected chi connectivity index (χ1v) is 10.0. The smallest absolute Gasteiger partial charge is 0.251 e. The fourth-order valence-corrected chi connectivity index (χ4v) is 4.23. The van der Waals surface area contributed by atoms with Crippen LogP contribution >= 0.6 is 15.9 Å². The molecule has 1 aromatic carbocycles. The largest absolute Gasteiger partial charge is 0.351 e. The van der Waals surface area contributed by atoms with E-state index in [1.54, 1.807) is 24.3 Å². The molecule has 1 aliphatic rings. The molecule has 5 nitrogen and oxygen atoms in total. The van der Waals surface area contributed by atoms with Gasteiger partial charge in [0.05, 0.1) is 6.26 Å². The zero-order valence-corrected chi connectivity index (χ0v) is 15.0. The van der Waals surface area contributed by atoms with E-state index >= 15 is 0 Å². The van der Waals surface area contributed by atoms with Gasteiger partial charge in [0.1, 0.15) is 0 Å². The van der Waals surface area contributed by atoms with Gasteiger partial charge < -0.3 is 5.32 Å². The van der Waals surface area contributed by atoms with Crippen molar-refractivity contribution in [3.05, 3.63) is 34.3 Å². The van der Waals surface area contributed by atoms with Crippen LogP contribution in [0, 0.1) is 0 Å². The van der Waals surface area contributed by atoms with Gasteiger partial charge in [0.25, 0.3) is 5.91 Å². The number of hydrogen-bond donors (Lipinski definition) is 1. The van der Waals surface area contributed by atoms with Crippen LogP contribution in [0.25, 0.3) is 0 Å². The van der Waals surface area contributed by atoms with E-state index in [0.717, 1.165) is 30.2 Å². The van der Waals surface area contributed by atoms with Gasteiger partial charge in [-0.25, -0.2) is 8.42 Å². The first-order valence-electron chi connectivity index (χ1n) is 7.38. The number of carbonyl (C=O) groups is 1. The number of halogens is 1. The number of rotatable bonds is 6. The summed E-state index contributed by atoms with van der Waals surface area (Å²) in [5.74, 6) is -0.188. The Hall–Kier alpha value is -0.920. The summed E-state index contributed by atoms with van der Waals surface area (Å²) < 4.78 is 26.3. The van der Waals surface area contributed by atoms with Gasteiger partial charge in [-0.3, -0.25) is 4.79 Å². The van der Waals surface area contributed by atoms with Crippen molar-refractivity contribution in [2.24, 2.45) is 0 Å². The average Bonchev–Trinajstić information content (AvgIpc) is 2.96. The van der Waals surface area contributed by atoms with Crippen LogP contribution in [0.4, 0.5) is 0 Å². The molecule has 0 saturated heterocycles. The molecule has 1 aromatic rings. The molecule has 122 valence electrons. The molecule has 0 aromatic heterocycles. The molecule has 0 unspecified atom stereocenters. The maximum absolute atomic E-state index is 12.0. The molecule has 2 rings (SSSR count). The number of sulfonamides is 1. The number of carbonyl (C=O) groups excluding carboxylic acids is 1. The molecule has 1 amide bonds. The van der Waals surface area contributed by atoms with E-state index in [9.17, 15) is 13.2 Å². The Morgan fingerprint density at radius 2 is 1.86 bits per heavy atom. The molecule has 7 heteroatoms. The molecule has 0 atom stereocenters. The first-order chi connectivity index (χ1) is 10.4. The summed E-state index contributed by atoms with van der Waals surface area (Å²) in [6.45, 7) is 0.643. The highest BCUT2D eigenvalue weighted by Gasteiger charge is 2.28. The lowest BCUT2D eigenvalue weighted by Gasteiger charge is -2.26. The second-order valence-corrected chi connectivity index (χ2v) is 8.43. The normalized spacial score (nSPS) is 16.1. The minimum Gasteiger partial charge on any atom is -0.351 e. The van der Waals surface area contributed by atoms with Crippen LogP contribution in [0.3, 0.4) is 0 Å². The van der Waals surface area contributed by atoms with E-state index in [4.69, 9.17) is 0 Å². The zero-order chi connectivity index (χ0) is 16.2. The van der Waals surface area contributed by atoms with Crippen LogP contribution in [0.2, 0.25) is 0 Å². The fraction of sp³-hybridized carbons (Fsp3) is 0.533. The van der Waals surface area contributed by atoms with E-state index in [2.05, 4.69) is 21.2 Å². The predicted octanol–water partition coefficient (Wildman–Crippen LogP) is 2.38. The first kappa shape index (κ1) is 17.4. The van der Waals surface area contributed by atoms with Gasteiger partial charge >= 0.3 is 0 Å². The Kier molecular flexibility index (Phi) is 6.00. The van der Waals surface area contributed by atoms with E-state index in [1.807, 2.05) is 0 Å². The van der Waals surface area contributed by atoms with Gasteiger partial charge in [-0.05, 0) is 37.1 Å². The molecule has 0 heterocycles. The average molecular weight is 389 g/mol. The standard InChI is InChI=1S/C15H21BrN2O3S/c1-22(20,21)18(14-4-2-3-5-14)11-10-17-15(19)12-6-8-13(16)9-7-12/h6-9,14H,2-5,10-11H2,1H3,(H,17,19). The summed E-state index contributed by atoms with van der Waals surface area (Å²) >= 11 is 3.32. The van der Waals surface area contributed by atoms with Crippen molar-refractivity contribution in [1.82, 2.24) is 9.62 Å². The van der Waals surface area contributed by atoms with Gasteiger partial charge in [0.2, 0.25) is 10.0 Å². The lowest BCUT2D eigenvalue weighted by Crippen LogP contribution is -2.43.